The normalized spacial score (nSPS) is 17.2. The molecule has 1 aliphatic carbocycles. The number of aromatic nitrogens is 2. The highest BCUT2D eigenvalue weighted by atomic mass is 16.6. The number of piperidine rings is 1. The second-order valence-corrected chi connectivity index (χ2v) is 7.70. The zero-order valence-electron chi connectivity index (χ0n) is 16.2. The summed E-state index contributed by atoms with van der Waals surface area (Å²) in [5, 5.41) is 14.7. The van der Waals surface area contributed by atoms with Crippen molar-refractivity contribution in [3.63, 3.8) is 0 Å². The highest BCUT2D eigenvalue weighted by molar-refractivity contribution is 6.07. The number of nitro groups is 1. The summed E-state index contributed by atoms with van der Waals surface area (Å²) in [6, 6.07) is 4.88. The lowest BCUT2D eigenvalue weighted by Crippen LogP contribution is -2.41. The lowest BCUT2D eigenvalue weighted by atomic mass is 9.95. The highest BCUT2D eigenvalue weighted by Crippen LogP contribution is 2.33. The van der Waals surface area contributed by atoms with Gasteiger partial charge in [0, 0.05) is 56.1 Å². The monoisotopic (exact) mass is 397 g/mol. The molecule has 9 heteroatoms. The number of hydrogen-bond donors (Lipinski definition) is 1. The van der Waals surface area contributed by atoms with E-state index in [9.17, 15) is 19.7 Å². The molecule has 2 aliphatic rings. The first kappa shape index (κ1) is 19.1. The number of carbonyl (C=O) groups excluding carboxylic acids is 2. The molecule has 1 saturated carbocycles. The smallest absolute Gasteiger partial charge is 0.293 e. The topological polar surface area (TPSA) is 110 Å². The van der Waals surface area contributed by atoms with E-state index in [1.54, 1.807) is 29.9 Å². The van der Waals surface area contributed by atoms with E-state index >= 15 is 0 Å². The van der Waals surface area contributed by atoms with E-state index in [1.165, 1.54) is 12.3 Å². The van der Waals surface area contributed by atoms with Crippen molar-refractivity contribution < 1.29 is 14.5 Å². The fraction of sp³-hybridized carbons (Fsp3) is 0.450. The van der Waals surface area contributed by atoms with E-state index in [-0.39, 0.29) is 34.7 Å². The summed E-state index contributed by atoms with van der Waals surface area (Å²) in [5.41, 5.74) is 0.604. The molecule has 0 unspecified atom stereocenters. The minimum atomic E-state index is -0.462. The summed E-state index contributed by atoms with van der Waals surface area (Å²) in [4.78, 5) is 42.0. The van der Waals surface area contributed by atoms with Crippen LogP contribution < -0.4 is 10.2 Å². The molecule has 0 radical (unpaired) electrons. The summed E-state index contributed by atoms with van der Waals surface area (Å²) in [6.45, 7) is 1.13. The van der Waals surface area contributed by atoms with Crippen molar-refractivity contribution in [1.82, 2.24) is 14.9 Å². The zero-order valence-corrected chi connectivity index (χ0v) is 16.2. The van der Waals surface area contributed by atoms with Gasteiger partial charge in [0.05, 0.1) is 4.92 Å². The average molecular weight is 397 g/mol. The van der Waals surface area contributed by atoms with Crippen LogP contribution >= 0.6 is 0 Å². The van der Waals surface area contributed by atoms with Gasteiger partial charge in [-0.2, -0.15) is 0 Å². The summed E-state index contributed by atoms with van der Waals surface area (Å²) < 4.78 is 1.58. The van der Waals surface area contributed by atoms with Gasteiger partial charge in [-0.25, -0.2) is 4.98 Å². The number of anilines is 1. The first-order chi connectivity index (χ1) is 13.9. The van der Waals surface area contributed by atoms with Crippen molar-refractivity contribution in [2.75, 3.05) is 18.0 Å². The van der Waals surface area contributed by atoms with Crippen LogP contribution in [-0.4, -0.2) is 45.3 Å². The van der Waals surface area contributed by atoms with Gasteiger partial charge >= 0.3 is 0 Å². The number of imidazole rings is 1. The van der Waals surface area contributed by atoms with E-state index in [0.29, 0.717) is 37.7 Å². The Hall–Kier alpha value is -3.23. The molecule has 2 aromatic rings. The molecule has 0 bridgehead atoms. The molecule has 9 nitrogen and oxygen atoms in total. The Morgan fingerprint density at radius 2 is 1.93 bits per heavy atom. The molecule has 1 aromatic heterocycles. The first-order valence-corrected chi connectivity index (χ1v) is 9.80. The summed E-state index contributed by atoms with van der Waals surface area (Å²) >= 11 is 0. The number of aryl methyl sites for hydroxylation is 1. The predicted octanol–water partition coefficient (Wildman–Crippen LogP) is 2.05. The summed E-state index contributed by atoms with van der Waals surface area (Å²) in [5.74, 6) is -0.0787. The third-order valence-electron chi connectivity index (χ3n) is 5.59. The number of rotatable bonds is 6. The van der Waals surface area contributed by atoms with Crippen LogP contribution in [0.1, 0.15) is 41.9 Å². The Morgan fingerprint density at radius 3 is 2.52 bits per heavy atom. The average Bonchev–Trinajstić information content (AvgIpc) is 3.44. The number of carbonyl (C=O) groups is 2. The van der Waals surface area contributed by atoms with Crippen LogP contribution in [0.2, 0.25) is 0 Å². The molecule has 4 rings (SSSR count). The number of nitro benzene ring substituents is 1. The van der Waals surface area contributed by atoms with Crippen LogP contribution in [0.3, 0.4) is 0 Å². The lowest BCUT2D eigenvalue weighted by Gasteiger charge is -2.32. The Bertz CT molecular complexity index is 958. The van der Waals surface area contributed by atoms with Crippen LogP contribution in [0.25, 0.3) is 0 Å². The third-order valence-corrected chi connectivity index (χ3v) is 5.59. The van der Waals surface area contributed by atoms with E-state index in [0.717, 1.165) is 12.8 Å². The van der Waals surface area contributed by atoms with E-state index < -0.39 is 4.92 Å². The Balaban J connectivity index is 1.50. The van der Waals surface area contributed by atoms with Gasteiger partial charge in [0.25, 0.3) is 5.69 Å². The molecule has 0 spiro atoms. The minimum Gasteiger partial charge on any atom is -0.366 e. The maximum absolute atomic E-state index is 12.6. The predicted molar refractivity (Wildman–Crippen MR) is 106 cm³/mol. The molecule has 1 amide bonds. The second-order valence-electron chi connectivity index (χ2n) is 7.70. The number of ketones is 1. The molecule has 1 N–H and O–H groups in total. The molecule has 2 fully saturated rings. The Morgan fingerprint density at radius 1 is 1.21 bits per heavy atom. The van der Waals surface area contributed by atoms with Crippen LogP contribution in [0.15, 0.2) is 30.6 Å². The van der Waals surface area contributed by atoms with Crippen molar-refractivity contribution in [2.24, 2.45) is 13.0 Å². The van der Waals surface area contributed by atoms with Crippen molar-refractivity contribution >= 4 is 23.1 Å². The molecule has 1 aliphatic heterocycles. The van der Waals surface area contributed by atoms with Gasteiger partial charge in [0.2, 0.25) is 11.7 Å². The number of nitrogens with one attached hydrogen (secondary N) is 1. The Kier molecular flexibility index (Phi) is 5.04. The van der Waals surface area contributed by atoms with E-state index in [4.69, 9.17) is 0 Å². The van der Waals surface area contributed by atoms with E-state index in [2.05, 4.69) is 10.3 Å². The standard InChI is InChI=1S/C20H23N5O4/c1-23-11-8-21-19(23)18(26)14-2-5-16(17(12-14)25(28)29)24-9-6-13(7-10-24)20(27)22-15-3-4-15/h2,5,8,11-13,15H,3-4,6-7,9-10H2,1H3,(H,22,27). The van der Waals surface area contributed by atoms with Crippen LogP contribution in [0, 0.1) is 16.0 Å². The van der Waals surface area contributed by atoms with Gasteiger partial charge in [-0.3, -0.25) is 19.7 Å². The third kappa shape index (κ3) is 3.98. The molecule has 29 heavy (non-hydrogen) atoms. The number of hydrogen-bond acceptors (Lipinski definition) is 6. The maximum Gasteiger partial charge on any atom is 0.293 e. The minimum absolute atomic E-state index is 0.0461. The summed E-state index contributed by atoms with van der Waals surface area (Å²) in [7, 11) is 1.70. The molecular weight excluding hydrogens is 374 g/mol. The van der Waals surface area contributed by atoms with Crippen molar-refractivity contribution in [2.45, 2.75) is 31.7 Å². The second kappa shape index (κ2) is 7.65. The van der Waals surface area contributed by atoms with E-state index in [1.807, 2.05) is 4.90 Å². The van der Waals surface area contributed by atoms with Crippen molar-refractivity contribution in [3.05, 3.63) is 52.1 Å². The van der Waals surface area contributed by atoms with Gasteiger partial charge in [0.1, 0.15) is 5.69 Å². The zero-order chi connectivity index (χ0) is 20.5. The Labute approximate surface area is 167 Å². The van der Waals surface area contributed by atoms with Gasteiger partial charge in [-0.15, -0.1) is 0 Å². The molecule has 2 heterocycles. The molecule has 1 aromatic carbocycles. The fourth-order valence-electron chi connectivity index (χ4n) is 3.72. The first-order valence-electron chi connectivity index (χ1n) is 9.80. The van der Waals surface area contributed by atoms with Crippen LogP contribution in [-0.2, 0) is 11.8 Å². The van der Waals surface area contributed by atoms with Gasteiger partial charge in [-0.05, 0) is 37.8 Å². The number of benzene rings is 1. The van der Waals surface area contributed by atoms with Gasteiger partial charge < -0.3 is 14.8 Å². The van der Waals surface area contributed by atoms with Crippen LogP contribution in [0.4, 0.5) is 11.4 Å². The number of amides is 1. The quantitative estimate of drug-likeness (QED) is 0.454. The van der Waals surface area contributed by atoms with Gasteiger partial charge in [-0.1, -0.05) is 0 Å². The molecular formula is C20H23N5O4. The van der Waals surface area contributed by atoms with Crippen LogP contribution in [0.5, 0.6) is 0 Å². The lowest BCUT2D eigenvalue weighted by molar-refractivity contribution is -0.384. The highest BCUT2D eigenvalue weighted by Gasteiger charge is 2.32. The van der Waals surface area contributed by atoms with Crippen molar-refractivity contribution in [3.8, 4) is 0 Å². The van der Waals surface area contributed by atoms with Crippen molar-refractivity contribution in [1.29, 1.82) is 0 Å². The number of nitrogens with zero attached hydrogens (tertiary/aromatic N) is 4. The molecule has 1 saturated heterocycles. The fourth-order valence-corrected chi connectivity index (χ4v) is 3.72. The molecule has 152 valence electrons. The SMILES string of the molecule is Cn1ccnc1C(=O)c1ccc(N2CCC(C(=O)NC3CC3)CC2)c([N+](=O)[O-])c1. The molecule has 0 atom stereocenters. The van der Waals surface area contributed by atoms with Gasteiger partial charge in [0.15, 0.2) is 5.82 Å². The largest absolute Gasteiger partial charge is 0.366 e. The summed E-state index contributed by atoms with van der Waals surface area (Å²) in [6.07, 6.45) is 6.59. The maximum atomic E-state index is 12.6.